The van der Waals surface area contributed by atoms with Crippen molar-refractivity contribution in [2.45, 2.75) is 24.8 Å². The maximum Gasteiger partial charge on any atom is 0.335 e. The molecule has 0 unspecified atom stereocenters. The fourth-order valence-electron chi connectivity index (χ4n) is 5.46. The Balaban J connectivity index is 1.71. The van der Waals surface area contributed by atoms with Crippen LogP contribution in [0.3, 0.4) is 0 Å². The first-order valence-corrected chi connectivity index (χ1v) is 13.7. The van der Waals surface area contributed by atoms with Crippen LogP contribution in [-0.4, -0.2) is 60.0 Å². The van der Waals surface area contributed by atoms with Gasteiger partial charge in [-0.1, -0.05) is 48.5 Å². The molecule has 0 bridgehead atoms. The van der Waals surface area contributed by atoms with E-state index in [2.05, 4.69) is 10.5 Å². The van der Waals surface area contributed by atoms with Crippen LogP contribution in [0.5, 0.6) is 0 Å². The number of amides is 1. The maximum absolute atomic E-state index is 14.3. The van der Waals surface area contributed by atoms with E-state index in [-0.39, 0.29) is 35.6 Å². The highest BCUT2D eigenvalue weighted by Gasteiger charge is 2.49. The van der Waals surface area contributed by atoms with Crippen molar-refractivity contribution in [1.29, 1.82) is 0 Å². The third-order valence-corrected chi connectivity index (χ3v) is 7.54. The van der Waals surface area contributed by atoms with Crippen LogP contribution in [0.4, 0.5) is 11.4 Å². The van der Waals surface area contributed by atoms with E-state index in [1.807, 2.05) is 6.07 Å². The molecule has 0 radical (unpaired) electrons. The predicted octanol–water partition coefficient (Wildman–Crippen LogP) is 3.78. The first-order chi connectivity index (χ1) is 21.2. The Kier molecular flexibility index (Phi) is 8.72. The highest BCUT2D eigenvalue weighted by Crippen LogP contribution is 2.44. The number of hydrazone groups is 1. The summed E-state index contributed by atoms with van der Waals surface area (Å²) in [6.45, 7) is 0. The normalized spacial score (nSPS) is 18.7. The molecule has 3 aromatic carbocycles. The van der Waals surface area contributed by atoms with E-state index in [0.29, 0.717) is 16.9 Å². The lowest BCUT2D eigenvalue weighted by molar-refractivity contribution is -0.141. The van der Waals surface area contributed by atoms with Gasteiger partial charge >= 0.3 is 17.9 Å². The number of nitrogens with zero attached hydrogens (tertiary/aromatic N) is 3. The molecule has 0 aromatic heterocycles. The van der Waals surface area contributed by atoms with Gasteiger partial charge in [0, 0.05) is 11.5 Å². The Morgan fingerprint density at radius 1 is 0.886 bits per heavy atom. The van der Waals surface area contributed by atoms with E-state index in [1.165, 1.54) is 36.4 Å². The summed E-state index contributed by atoms with van der Waals surface area (Å²) < 4.78 is 9.86. The topological polar surface area (TPSA) is 158 Å². The second-order valence-corrected chi connectivity index (χ2v) is 10.1. The lowest BCUT2D eigenvalue weighted by atomic mass is 9.74. The summed E-state index contributed by atoms with van der Waals surface area (Å²) in [4.78, 5) is 51.1. The second-order valence-electron chi connectivity index (χ2n) is 10.1. The van der Waals surface area contributed by atoms with Crippen LogP contribution in [0.2, 0.25) is 0 Å². The number of hydrogen-bond acceptors (Lipinski definition) is 10. The number of hydrogen-bond donors (Lipinski definition) is 3. The third-order valence-electron chi connectivity index (χ3n) is 7.54. The summed E-state index contributed by atoms with van der Waals surface area (Å²) in [6, 6.07) is 22.5. The number of carbonyl (C=O) groups is 4. The lowest BCUT2D eigenvalue weighted by Gasteiger charge is -2.28. The molecule has 12 nitrogen and oxygen atoms in total. The summed E-state index contributed by atoms with van der Waals surface area (Å²) in [7, 11) is 2.47. The summed E-state index contributed by atoms with van der Waals surface area (Å²) in [5.41, 5.74) is 5.07. The smallest absolute Gasteiger partial charge is 0.335 e. The molecule has 0 saturated heterocycles. The van der Waals surface area contributed by atoms with Crippen LogP contribution >= 0.6 is 0 Å². The van der Waals surface area contributed by atoms with Crippen LogP contribution in [0.1, 0.15) is 34.7 Å². The maximum atomic E-state index is 14.3. The first-order valence-electron chi connectivity index (χ1n) is 13.7. The van der Waals surface area contributed by atoms with Gasteiger partial charge in [0.15, 0.2) is 0 Å². The fraction of sp³-hybridized carbons (Fsp3) is 0.219. The zero-order valence-electron chi connectivity index (χ0n) is 23.9. The number of carboxylic acids is 1. The minimum Gasteiger partial charge on any atom is -0.494 e. The highest BCUT2D eigenvalue weighted by molar-refractivity contribution is 6.20. The molecular weight excluding hydrogens is 568 g/mol. The number of ether oxygens (including phenoxy) is 2. The summed E-state index contributed by atoms with van der Waals surface area (Å²) in [5.74, 6) is -5.24. The number of aliphatic hydroxyl groups excluding tert-OH is 1. The van der Waals surface area contributed by atoms with E-state index in [4.69, 9.17) is 9.47 Å². The fourth-order valence-corrected chi connectivity index (χ4v) is 5.46. The van der Waals surface area contributed by atoms with Crippen LogP contribution in [-0.2, 0) is 23.9 Å². The molecule has 3 aromatic rings. The molecule has 1 amide bonds. The van der Waals surface area contributed by atoms with Gasteiger partial charge in [-0.2, -0.15) is 5.10 Å². The average molecular weight is 599 g/mol. The van der Waals surface area contributed by atoms with E-state index in [1.54, 1.807) is 66.7 Å². The molecule has 5 rings (SSSR count). The zero-order chi connectivity index (χ0) is 31.4. The SMILES string of the molecule is COC(=O)CC1=NN(c2ccccc2)C(=O)[C@H]1[C@H](C1=C(O)N(c2ccccc2)N[C@@H]1CC(=O)OC)c1ccc(C(=O)O)cc1. The monoisotopic (exact) mass is 598 g/mol. The van der Waals surface area contributed by atoms with E-state index in [0.717, 1.165) is 0 Å². The predicted molar refractivity (Wildman–Crippen MR) is 160 cm³/mol. The Hall–Kier alpha value is -5.49. The zero-order valence-corrected chi connectivity index (χ0v) is 23.9. The van der Waals surface area contributed by atoms with Crippen LogP contribution in [0, 0.1) is 5.92 Å². The Morgan fingerprint density at radius 2 is 1.48 bits per heavy atom. The molecule has 3 atom stereocenters. The molecule has 0 fully saturated rings. The van der Waals surface area contributed by atoms with Gasteiger partial charge in [-0.3, -0.25) is 14.4 Å². The standard InChI is InChI=1S/C32H30N4O8/c1-43-25(37)17-23-28(30(39)35(33-23)21-9-5-3-6-10-21)27(19-13-15-20(16-14-19)32(41)42)29-24(18-26(38)44-2)34-36(31(29)40)22-11-7-4-8-12-22/h3-16,23,27,29,33,39H,17-18H2,1-2H3,(H,41,42)/t23-,27+,29-/m1/s1. The summed E-state index contributed by atoms with van der Waals surface area (Å²) in [5, 5.41) is 28.5. The highest BCUT2D eigenvalue weighted by atomic mass is 16.5. The number of carboxylic acid groups (broad SMARTS) is 1. The molecule has 0 aliphatic carbocycles. The van der Waals surface area contributed by atoms with Crippen molar-refractivity contribution in [3.8, 4) is 0 Å². The van der Waals surface area contributed by atoms with Gasteiger partial charge in [0.2, 0.25) is 5.88 Å². The molecule has 3 N–H and O–H groups in total. The van der Waals surface area contributed by atoms with Crippen molar-refractivity contribution in [1.82, 2.24) is 5.43 Å². The Labute approximate surface area is 252 Å². The number of aliphatic hydroxyl groups is 1. The van der Waals surface area contributed by atoms with Crippen molar-refractivity contribution in [2.75, 3.05) is 24.2 Å². The van der Waals surface area contributed by atoms with Crippen LogP contribution < -0.4 is 15.4 Å². The number of anilines is 2. The van der Waals surface area contributed by atoms with Crippen molar-refractivity contribution < 1.29 is 38.9 Å². The van der Waals surface area contributed by atoms with Crippen LogP contribution in [0.15, 0.2) is 101 Å². The average Bonchev–Trinajstić information content (AvgIpc) is 3.54. The number of rotatable bonds is 10. The quantitative estimate of drug-likeness (QED) is 0.293. The molecular formula is C32H30N4O8. The lowest BCUT2D eigenvalue weighted by Crippen LogP contribution is -2.41. The number of aromatic carboxylic acids is 1. The van der Waals surface area contributed by atoms with Crippen molar-refractivity contribution in [3.05, 3.63) is 108 Å². The van der Waals surface area contributed by atoms with Gasteiger partial charge in [0.05, 0.1) is 61.7 Å². The minimum absolute atomic E-state index is 0.0133. The van der Waals surface area contributed by atoms with Crippen LogP contribution in [0.25, 0.3) is 0 Å². The van der Waals surface area contributed by atoms with Crippen molar-refractivity contribution in [3.63, 3.8) is 0 Å². The number of carbonyl (C=O) groups excluding carboxylic acids is 3. The number of benzene rings is 3. The van der Waals surface area contributed by atoms with Gasteiger partial charge in [-0.15, -0.1) is 0 Å². The summed E-state index contributed by atoms with van der Waals surface area (Å²) in [6.07, 6.45) is -0.540. The van der Waals surface area contributed by atoms with Gasteiger partial charge in [-0.05, 0) is 42.0 Å². The number of esters is 2. The Morgan fingerprint density at radius 3 is 2.05 bits per heavy atom. The molecule has 44 heavy (non-hydrogen) atoms. The van der Waals surface area contributed by atoms with Crippen molar-refractivity contribution in [2.24, 2.45) is 11.0 Å². The van der Waals surface area contributed by atoms with Gasteiger partial charge in [0.1, 0.15) is 0 Å². The van der Waals surface area contributed by atoms with Gasteiger partial charge < -0.3 is 19.7 Å². The largest absolute Gasteiger partial charge is 0.494 e. The van der Waals surface area contributed by atoms with E-state index < -0.39 is 41.7 Å². The second kappa shape index (κ2) is 12.8. The molecule has 12 heteroatoms. The molecule has 2 aliphatic rings. The third kappa shape index (κ3) is 5.88. The molecule has 0 spiro atoms. The van der Waals surface area contributed by atoms with Crippen molar-refractivity contribution >= 4 is 40.9 Å². The molecule has 226 valence electrons. The number of methoxy groups -OCH3 is 2. The number of para-hydroxylation sites is 2. The number of hydrazine groups is 1. The molecule has 2 aliphatic heterocycles. The Bertz CT molecular complexity index is 1620. The molecule has 2 heterocycles. The minimum atomic E-state index is -1.14. The van der Waals surface area contributed by atoms with Gasteiger partial charge in [0.25, 0.3) is 5.91 Å². The first kappa shape index (κ1) is 30.0. The number of nitrogens with one attached hydrogen (secondary N) is 1. The molecule has 0 saturated carbocycles. The van der Waals surface area contributed by atoms with E-state index >= 15 is 0 Å². The van der Waals surface area contributed by atoms with E-state index in [9.17, 15) is 29.4 Å². The van der Waals surface area contributed by atoms with Gasteiger partial charge in [-0.25, -0.2) is 20.2 Å². The summed E-state index contributed by atoms with van der Waals surface area (Å²) >= 11 is 0.